The number of halogens is 1. The molecule has 0 heterocycles. The van der Waals surface area contributed by atoms with E-state index in [1.54, 1.807) is 13.8 Å². The van der Waals surface area contributed by atoms with Crippen molar-refractivity contribution >= 4 is 17.3 Å². The molecular formula is C12H19ClN2O. The molecule has 0 spiro atoms. The highest BCUT2D eigenvalue weighted by Crippen LogP contribution is 2.27. The quantitative estimate of drug-likeness (QED) is 0.849. The van der Waals surface area contributed by atoms with Crippen LogP contribution in [0, 0.1) is 0 Å². The molecule has 0 aliphatic carbocycles. The van der Waals surface area contributed by atoms with Gasteiger partial charge < -0.3 is 15.7 Å². The van der Waals surface area contributed by atoms with Crippen molar-refractivity contribution < 1.29 is 5.11 Å². The number of hydrogen-bond acceptors (Lipinski definition) is 3. The fourth-order valence-corrected chi connectivity index (χ4v) is 2.02. The third kappa shape index (κ3) is 3.37. The molecule has 90 valence electrons. The summed E-state index contributed by atoms with van der Waals surface area (Å²) < 4.78 is 0. The van der Waals surface area contributed by atoms with Crippen molar-refractivity contribution in [1.29, 1.82) is 0 Å². The highest BCUT2D eigenvalue weighted by molar-refractivity contribution is 6.31. The van der Waals surface area contributed by atoms with Gasteiger partial charge in [0.15, 0.2) is 0 Å². The van der Waals surface area contributed by atoms with Crippen LogP contribution >= 0.6 is 11.6 Å². The predicted molar refractivity (Wildman–Crippen MR) is 68.9 cm³/mol. The lowest BCUT2D eigenvalue weighted by Crippen LogP contribution is -2.36. The molecule has 3 N–H and O–H groups in total. The molecule has 0 aliphatic heterocycles. The maximum atomic E-state index is 9.78. The summed E-state index contributed by atoms with van der Waals surface area (Å²) in [5.74, 6) is 0. The summed E-state index contributed by atoms with van der Waals surface area (Å²) in [6, 6.07) is 5.67. The summed E-state index contributed by atoms with van der Waals surface area (Å²) in [5, 5.41) is 10.4. The predicted octanol–water partition coefficient (Wildman–Crippen LogP) is 2.01. The second kappa shape index (κ2) is 5.04. The first-order valence-electron chi connectivity index (χ1n) is 5.26. The molecule has 0 amide bonds. The lowest BCUT2D eigenvalue weighted by molar-refractivity contribution is 0.0886. The molecular weight excluding hydrogens is 224 g/mol. The summed E-state index contributed by atoms with van der Waals surface area (Å²) in [4.78, 5) is 1.97. The Balaban J connectivity index is 2.99. The molecule has 1 rings (SSSR count). The molecule has 0 saturated heterocycles. The molecule has 0 aliphatic rings. The molecule has 4 heteroatoms. The second-order valence-corrected chi connectivity index (χ2v) is 5.02. The number of benzene rings is 1. The van der Waals surface area contributed by atoms with Gasteiger partial charge in [-0.3, -0.25) is 0 Å². The molecule has 1 aromatic carbocycles. The third-order valence-electron chi connectivity index (χ3n) is 2.33. The van der Waals surface area contributed by atoms with E-state index in [1.807, 2.05) is 30.1 Å². The molecule has 0 radical (unpaired) electrons. The largest absolute Gasteiger partial charge is 0.389 e. The van der Waals surface area contributed by atoms with Gasteiger partial charge in [0.2, 0.25) is 0 Å². The van der Waals surface area contributed by atoms with Crippen LogP contribution in [0.25, 0.3) is 0 Å². The van der Waals surface area contributed by atoms with E-state index in [0.29, 0.717) is 18.1 Å². The van der Waals surface area contributed by atoms with Crippen LogP contribution in [0.4, 0.5) is 5.69 Å². The van der Waals surface area contributed by atoms with Gasteiger partial charge in [0.25, 0.3) is 0 Å². The SMILES string of the molecule is CN(CC(C)(C)O)c1cccc(Cl)c1CN. The normalized spacial score (nSPS) is 11.6. The van der Waals surface area contributed by atoms with Crippen molar-refractivity contribution in [3.63, 3.8) is 0 Å². The van der Waals surface area contributed by atoms with Crippen LogP contribution < -0.4 is 10.6 Å². The number of likely N-dealkylation sites (N-methyl/N-ethyl adjacent to an activating group) is 1. The average Bonchev–Trinajstić information content (AvgIpc) is 2.14. The molecule has 0 unspecified atom stereocenters. The van der Waals surface area contributed by atoms with Gasteiger partial charge in [0, 0.05) is 36.4 Å². The first-order valence-corrected chi connectivity index (χ1v) is 5.64. The topological polar surface area (TPSA) is 49.5 Å². The van der Waals surface area contributed by atoms with Crippen LogP contribution in [0.15, 0.2) is 18.2 Å². The molecule has 3 nitrogen and oxygen atoms in total. The van der Waals surface area contributed by atoms with E-state index >= 15 is 0 Å². The molecule has 0 aromatic heterocycles. The van der Waals surface area contributed by atoms with Crippen LogP contribution in [0.2, 0.25) is 5.02 Å². The van der Waals surface area contributed by atoms with Crippen molar-refractivity contribution in [2.24, 2.45) is 5.73 Å². The van der Waals surface area contributed by atoms with Gasteiger partial charge >= 0.3 is 0 Å². The zero-order valence-electron chi connectivity index (χ0n) is 10.00. The van der Waals surface area contributed by atoms with E-state index in [4.69, 9.17) is 17.3 Å². The monoisotopic (exact) mass is 242 g/mol. The minimum Gasteiger partial charge on any atom is -0.389 e. The van der Waals surface area contributed by atoms with E-state index in [0.717, 1.165) is 11.3 Å². The Kier molecular flexibility index (Phi) is 4.19. The van der Waals surface area contributed by atoms with E-state index in [2.05, 4.69) is 0 Å². The fourth-order valence-electron chi connectivity index (χ4n) is 1.77. The number of hydrogen-bond donors (Lipinski definition) is 2. The van der Waals surface area contributed by atoms with Crippen LogP contribution in [0.5, 0.6) is 0 Å². The Bertz CT molecular complexity index is 361. The number of anilines is 1. The number of aliphatic hydroxyl groups is 1. The second-order valence-electron chi connectivity index (χ2n) is 4.61. The van der Waals surface area contributed by atoms with Crippen molar-refractivity contribution in [3.05, 3.63) is 28.8 Å². The number of nitrogens with two attached hydrogens (primary N) is 1. The van der Waals surface area contributed by atoms with Gasteiger partial charge in [-0.2, -0.15) is 0 Å². The summed E-state index contributed by atoms with van der Waals surface area (Å²) in [5.41, 5.74) is 6.81. The first-order chi connectivity index (χ1) is 7.35. The van der Waals surface area contributed by atoms with Crippen LogP contribution in [0.3, 0.4) is 0 Å². The van der Waals surface area contributed by atoms with Gasteiger partial charge in [-0.15, -0.1) is 0 Å². The molecule has 1 aromatic rings. The van der Waals surface area contributed by atoms with Crippen molar-refractivity contribution in [3.8, 4) is 0 Å². The van der Waals surface area contributed by atoms with Crippen LogP contribution in [-0.2, 0) is 6.54 Å². The Morgan fingerprint density at radius 3 is 2.56 bits per heavy atom. The Hall–Kier alpha value is -0.770. The van der Waals surface area contributed by atoms with Gasteiger partial charge in [-0.1, -0.05) is 17.7 Å². The lowest BCUT2D eigenvalue weighted by atomic mass is 10.1. The Morgan fingerprint density at radius 2 is 2.06 bits per heavy atom. The van der Waals surface area contributed by atoms with Gasteiger partial charge in [-0.05, 0) is 26.0 Å². The van der Waals surface area contributed by atoms with E-state index in [9.17, 15) is 5.11 Å². The van der Waals surface area contributed by atoms with Gasteiger partial charge in [-0.25, -0.2) is 0 Å². The number of rotatable bonds is 4. The van der Waals surface area contributed by atoms with E-state index < -0.39 is 5.60 Å². The van der Waals surface area contributed by atoms with E-state index in [1.165, 1.54) is 0 Å². The van der Waals surface area contributed by atoms with Crippen molar-refractivity contribution in [2.75, 3.05) is 18.5 Å². The summed E-state index contributed by atoms with van der Waals surface area (Å²) >= 11 is 6.08. The minimum absolute atomic E-state index is 0.394. The number of nitrogens with zero attached hydrogens (tertiary/aromatic N) is 1. The Labute approximate surface area is 102 Å². The zero-order valence-corrected chi connectivity index (χ0v) is 10.8. The first kappa shape index (κ1) is 13.3. The van der Waals surface area contributed by atoms with Crippen LogP contribution in [-0.4, -0.2) is 24.3 Å². The zero-order chi connectivity index (χ0) is 12.3. The third-order valence-corrected chi connectivity index (χ3v) is 2.69. The summed E-state index contributed by atoms with van der Waals surface area (Å²) in [6.07, 6.45) is 0. The van der Waals surface area contributed by atoms with Gasteiger partial charge in [0.05, 0.1) is 5.60 Å². The maximum absolute atomic E-state index is 9.78. The average molecular weight is 243 g/mol. The highest BCUT2D eigenvalue weighted by Gasteiger charge is 2.18. The molecule has 0 bridgehead atoms. The highest BCUT2D eigenvalue weighted by atomic mass is 35.5. The lowest BCUT2D eigenvalue weighted by Gasteiger charge is -2.29. The standard InChI is InChI=1S/C12H19ClN2O/c1-12(2,16)8-15(3)11-6-4-5-10(13)9(11)7-14/h4-6,16H,7-8,14H2,1-3H3. The molecule has 16 heavy (non-hydrogen) atoms. The van der Waals surface area contributed by atoms with Crippen LogP contribution in [0.1, 0.15) is 19.4 Å². The van der Waals surface area contributed by atoms with E-state index in [-0.39, 0.29) is 0 Å². The molecule has 0 atom stereocenters. The Morgan fingerprint density at radius 1 is 1.44 bits per heavy atom. The smallest absolute Gasteiger partial charge is 0.0765 e. The van der Waals surface area contributed by atoms with Crippen molar-refractivity contribution in [2.45, 2.75) is 26.0 Å². The summed E-state index contributed by atoms with van der Waals surface area (Å²) in [6.45, 7) is 4.47. The van der Waals surface area contributed by atoms with Gasteiger partial charge in [0.1, 0.15) is 0 Å². The summed E-state index contributed by atoms with van der Waals surface area (Å²) in [7, 11) is 1.92. The molecule has 0 fully saturated rings. The minimum atomic E-state index is -0.747. The molecule has 0 saturated carbocycles. The maximum Gasteiger partial charge on any atom is 0.0765 e. The van der Waals surface area contributed by atoms with Crippen molar-refractivity contribution in [1.82, 2.24) is 0 Å². The fraction of sp³-hybridized carbons (Fsp3) is 0.500.